The van der Waals surface area contributed by atoms with E-state index in [-0.39, 0.29) is 17.7 Å². The third-order valence-electron chi connectivity index (χ3n) is 3.96. The summed E-state index contributed by atoms with van der Waals surface area (Å²) >= 11 is 0. The van der Waals surface area contributed by atoms with Gasteiger partial charge in [-0.3, -0.25) is 9.59 Å². The molecule has 2 N–H and O–H groups in total. The SMILES string of the molecule is Cc1cccc(CCC(=O)NCc2ccc(NC(=O)C(C)C)cc2)c1. The number of anilines is 1. The van der Waals surface area contributed by atoms with Gasteiger partial charge in [-0.15, -0.1) is 0 Å². The number of benzene rings is 2. The van der Waals surface area contributed by atoms with Crippen LogP contribution in [0.3, 0.4) is 0 Å². The molecule has 0 aromatic heterocycles. The van der Waals surface area contributed by atoms with Crippen molar-refractivity contribution in [3.05, 3.63) is 65.2 Å². The average molecular weight is 338 g/mol. The predicted octanol–water partition coefficient (Wildman–Crippen LogP) is 3.84. The van der Waals surface area contributed by atoms with E-state index in [9.17, 15) is 9.59 Å². The quantitative estimate of drug-likeness (QED) is 0.806. The van der Waals surface area contributed by atoms with Crippen LogP contribution in [-0.2, 0) is 22.6 Å². The Morgan fingerprint density at radius 3 is 2.36 bits per heavy atom. The number of hydrogen-bond donors (Lipinski definition) is 2. The summed E-state index contributed by atoms with van der Waals surface area (Å²) in [5.41, 5.74) is 4.17. The van der Waals surface area contributed by atoms with Crippen molar-refractivity contribution in [2.45, 2.75) is 40.2 Å². The number of hydrogen-bond acceptors (Lipinski definition) is 2. The molecule has 2 aromatic carbocycles. The van der Waals surface area contributed by atoms with Crippen LogP contribution in [0, 0.1) is 12.8 Å². The molecule has 0 unspecified atom stereocenters. The fourth-order valence-electron chi connectivity index (χ4n) is 2.41. The highest BCUT2D eigenvalue weighted by Crippen LogP contribution is 2.11. The van der Waals surface area contributed by atoms with Crippen molar-refractivity contribution in [2.24, 2.45) is 5.92 Å². The van der Waals surface area contributed by atoms with Gasteiger partial charge < -0.3 is 10.6 Å². The number of nitrogens with one attached hydrogen (secondary N) is 2. The first-order valence-corrected chi connectivity index (χ1v) is 8.66. The van der Waals surface area contributed by atoms with Crippen molar-refractivity contribution in [3.63, 3.8) is 0 Å². The van der Waals surface area contributed by atoms with Crippen LogP contribution in [0.25, 0.3) is 0 Å². The summed E-state index contributed by atoms with van der Waals surface area (Å²) in [6, 6.07) is 15.8. The summed E-state index contributed by atoms with van der Waals surface area (Å²) in [6.45, 7) is 6.26. The van der Waals surface area contributed by atoms with E-state index < -0.39 is 0 Å². The van der Waals surface area contributed by atoms with Crippen LogP contribution in [0.4, 0.5) is 5.69 Å². The molecule has 132 valence electrons. The summed E-state index contributed by atoms with van der Waals surface area (Å²) < 4.78 is 0. The van der Waals surface area contributed by atoms with E-state index in [1.165, 1.54) is 11.1 Å². The van der Waals surface area contributed by atoms with Crippen LogP contribution >= 0.6 is 0 Å². The fraction of sp³-hybridized carbons (Fsp3) is 0.333. The van der Waals surface area contributed by atoms with Gasteiger partial charge in [-0.05, 0) is 36.6 Å². The smallest absolute Gasteiger partial charge is 0.226 e. The molecular formula is C21H26N2O2. The summed E-state index contributed by atoms with van der Waals surface area (Å²) in [5.74, 6) is -0.0109. The minimum atomic E-state index is -0.0487. The van der Waals surface area contributed by atoms with E-state index >= 15 is 0 Å². The predicted molar refractivity (Wildman–Crippen MR) is 101 cm³/mol. The van der Waals surface area contributed by atoms with E-state index in [0.29, 0.717) is 13.0 Å². The summed E-state index contributed by atoms with van der Waals surface area (Å²) in [4.78, 5) is 23.6. The Hall–Kier alpha value is -2.62. The van der Waals surface area contributed by atoms with Gasteiger partial charge in [0.25, 0.3) is 0 Å². The van der Waals surface area contributed by atoms with E-state index in [1.807, 2.05) is 50.2 Å². The molecule has 0 aliphatic carbocycles. The number of carbonyl (C=O) groups is 2. The topological polar surface area (TPSA) is 58.2 Å². The molecule has 0 heterocycles. The van der Waals surface area contributed by atoms with Crippen molar-refractivity contribution in [2.75, 3.05) is 5.32 Å². The Kier molecular flexibility index (Phi) is 6.75. The molecule has 0 aliphatic heterocycles. The third kappa shape index (κ3) is 6.42. The molecule has 0 spiro atoms. The minimum absolute atomic E-state index is 0.00259. The van der Waals surface area contributed by atoms with Gasteiger partial charge in [0.15, 0.2) is 0 Å². The Morgan fingerprint density at radius 2 is 1.72 bits per heavy atom. The molecule has 0 radical (unpaired) electrons. The number of amides is 2. The van der Waals surface area contributed by atoms with Gasteiger partial charge >= 0.3 is 0 Å². The van der Waals surface area contributed by atoms with Crippen LogP contribution < -0.4 is 10.6 Å². The molecule has 0 aliphatic rings. The lowest BCUT2D eigenvalue weighted by molar-refractivity contribution is -0.121. The second-order valence-electron chi connectivity index (χ2n) is 6.61. The minimum Gasteiger partial charge on any atom is -0.352 e. The lowest BCUT2D eigenvalue weighted by atomic mass is 10.1. The van der Waals surface area contributed by atoms with Gasteiger partial charge in [-0.2, -0.15) is 0 Å². The number of rotatable bonds is 7. The van der Waals surface area contributed by atoms with Crippen LogP contribution in [0.1, 0.15) is 37.0 Å². The maximum Gasteiger partial charge on any atom is 0.226 e. The van der Waals surface area contributed by atoms with Gasteiger partial charge in [0.05, 0.1) is 0 Å². The average Bonchev–Trinajstić information content (AvgIpc) is 2.59. The maximum atomic E-state index is 12.0. The molecule has 0 saturated carbocycles. The molecular weight excluding hydrogens is 312 g/mol. The highest BCUT2D eigenvalue weighted by molar-refractivity contribution is 5.92. The van der Waals surface area contributed by atoms with E-state index in [0.717, 1.165) is 17.7 Å². The monoisotopic (exact) mass is 338 g/mol. The first kappa shape index (κ1) is 18.7. The molecule has 2 aromatic rings. The second kappa shape index (κ2) is 9.02. The summed E-state index contributed by atoms with van der Waals surface area (Å²) in [5, 5.41) is 5.79. The maximum absolute atomic E-state index is 12.0. The Morgan fingerprint density at radius 1 is 1.00 bits per heavy atom. The zero-order valence-corrected chi connectivity index (χ0v) is 15.1. The van der Waals surface area contributed by atoms with Crippen molar-refractivity contribution in [1.29, 1.82) is 0 Å². The summed E-state index contributed by atoms with van der Waals surface area (Å²) in [6.07, 6.45) is 1.22. The highest BCUT2D eigenvalue weighted by atomic mass is 16.2. The Balaban J connectivity index is 1.76. The first-order valence-electron chi connectivity index (χ1n) is 8.66. The van der Waals surface area contributed by atoms with Crippen LogP contribution in [0.5, 0.6) is 0 Å². The standard InChI is InChI=1S/C21H26N2O2/c1-15(2)21(25)23-19-10-7-18(8-11-19)14-22-20(24)12-9-17-6-4-5-16(3)13-17/h4-8,10-11,13,15H,9,12,14H2,1-3H3,(H,22,24)(H,23,25). The molecule has 25 heavy (non-hydrogen) atoms. The number of aryl methyl sites for hydroxylation is 2. The van der Waals surface area contributed by atoms with Gasteiger partial charge in [0, 0.05) is 24.6 Å². The normalized spacial score (nSPS) is 10.6. The summed E-state index contributed by atoms with van der Waals surface area (Å²) in [7, 11) is 0. The third-order valence-corrected chi connectivity index (χ3v) is 3.96. The molecule has 0 bridgehead atoms. The van der Waals surface area contributed by atoms with Gasteiger partial charge in [0.1, 0.15) is 0 Å². The zero-order chi connectivity index (χ0) is 18.2. The lowest BCUT2D eigenvalue weighted by Crippen LogP contribution is -2.23. The van der Waals surface area contributed by atoms with Crippen LogP contribution in [0.2, 0.25) is 0 Å². The molecule has 0 atom stereocenters. The molecule has 0 fully saturated rings. The van der Waals surface area contributed by atoms with Crippen molar-refractivity contribution in [1.82, 2.24) is 5.32 Å². The van der Waals surface area contributed by atoms with E-state index in [2.05, 4.69) is 29.7 Å². The van der Waals surface area contributed by atoms with E-state index in [4.69, 9.17) is 0 Å². The molecule has 4 heteroatoms. The van der Waals surface area contributed by atoms with Crippen LogP contribution in [0.15, 0.2) is 48.5 Å². The van der Waals surface area contributed by atoms with E-state index in [1.54, 1.807) is 0 Å². The molecule has 0 saturated heterocycles. The number of carbonyl (C=O) groups excluding carboxylic acids is 2. The second-order valence-corrected chi connectivity index (χ2v) is 6.61. The lowest BCUT2D eigenvalue weighted by Gasteiger charge is -2.09. The zero-order valence-electron chi connectivity index (χ0n) is 15.1. The Bertz CT molecular complexity index is 721. The molecule has 2 amide bonds. The van der Waals surface area contributed by atoms with Crippen molar-refractivity contribution >= 4 is 17.5 Å². The van der Waals surface area contributed by atoms with Crippen LogP contribution in [-0.4, -0.2) is 11.8 Å². The van der Waals surface area contributed by atoms with Gasteiger partial charge in [-0.1, -0.05) is 55.8 Å². The van der Waals surface area contributed by atoms with Crippen molar-refractivity contribution < 1.29 is 9.59 Å². The fourth-order valence-corrected chi connectivity index (χ4v) is 2.41. The highest BCUT2D eigenvalue weighted by Gasteiger charge is 2.07. The van der Waals surface area contributed by atoms with Gasteiger partial charge in [-0.25, -0.2) is 0 Å². The largest absolute Gasteiger partial charge is 0.352 e. The first-order chi connectivity index (χ1) is 11.9. The van der Waals surface area contributed by atoms with Gasteiger partial charge in [0.2, 0.25) is 11.8 Å². The molecule has 2 rings (SSSR count). The molecule has 4 nitrogen and oxygen atoms in total. The van der Waals surface area contributed by atoms with Crippen molar-refractivity contribution in [3.8, 4) is 0 Å². The Labute approximate surface area is 149 Å².